The van der Waals surface area contributed by atoms with E-state index in [-0.39, 0.29) is 0 Å². The summed E-state index contributed by atoms with van der Waals surface area (Å²) >= 11 is 0. The smallest absolute Gasteiger partial charge is 0.122 e. The molecule has 0 rings (SSSR count). The predicted octanol–water partition coefficient (Wildman–Crippen LogP) is 10.2. The van der Waals surface area contributed by atoms with Crippen LogP contribution in [0.25, 0.3) is 0 Å². The fourth-order valence-corrected chi connectivity index (χ4v) is 4.09. The Morgan fingerprint density at radius 2 is 0.933 bits per heavy atom. The first kappa shape index (κ1) is 31.8. The minimum absolute atomic E-state index is 0.667. The van der Waals surface area contributed by atoms with Crippen molar-refractivity contribution < 1.29 is 0 Å². The second-order valence-electron chi connectivity index (χ2n) is 11.4. The predicted molar refractivity (Wildman–Crippen MR) is 147 cm³/mol. The van der Waals surface area contributed by atoms with E-state index in [1.165, 1.54) is 19.3 Å². The van der Waals surface area contributed by atoms with E-state index >= 15 is 0 Å². The lowest BCUT2D eigenvalue weighted by Crippen LogP contribution is -2.28. The summed E-state index contributed by atoms with van der Waals surface area (Å²) in [6.45, 7) is 35.8. The van der Waals surface area contributed by atoms with E-state index in [1.54, 1.807) is 0 Å². The van der Waals surface area contributed by atoms with Gasteiger partial charge < -0.3 is 0 Å². The summed E-state index contributed by atoms with van der Waals surface area (Å²) in [5.74, 6) is 10.8. The fourth-order valence-electron chi connectivity index (χ4n) is 4.09. The molecule has 0 bridgehead atoms. The third kappa shape index (κ3) is 12.5. The standard InChI is InChI=1S/C16H33B.C12H25B/c1-8-9-10-11-12-17(15(6)13(2)3)16(7)14(4)5;1-8-13(11(6)9(2)3)12(7)10(4)5/h11-16H,8-10H2,1-7H3;8-12H,1H2,2-7H3. The molecule has 0 aliphatic rings. The van der Waals surface area contributed by atoms with Crippen LogP contribution >= 0.6 is 0 Å². The van der Waals surface area contributed by atoms with Gasteiger partial charge in [-0.25, -0.2) is 0 Å². The van der Waals surface area contributed by atoms with Crippen LogP contribution in [0.2, 0.25) is 23.3 Å². The van der Waals surface area contributed by atoms with E-state index in [0.717, 1.165) is 53.7 Å². The van der Waals surface area contributed by atoms with E-state index < -0.39 is 0 Å². The molecular weight excluding hydrogens is 358 g/mol. The first-order valence-electron chi connectivity index (χ1n) is 13.1. The van der Waals surface area contributed by atoms with Gasteiger partial charge >= 0.3 is 0 Å². The van der Waals surface area contributed by atoms with Gasteiger partial charge in [0.05, 0.1) is 0 Å². The van der Waals surface area contributed by atoms with Crippen molar-refractivity contribution in [3.05, 3.63) is 24.6 Å². The number of hydrogen-bond acceptors (Lipinski definition) is 0. The lowest BCUT2D eigenvalue weighted by molar-refractivity contribution is 0.566. The Hall–Kier alpha value is -0.390. The average Bonchev–Trinajstić information content (AvgIpc) is 2.67. The molecular formula is C28H58B2. The van der Waals surface area contributed by atoms with E-state index in [9.17, 15) is 0 Å². The Morgan fingerprint density at radius 1 is 0.600 bits per heavy atom. The van der Waals surface area contributed by atoms with Crippen LogP contribution in [0.15, 0.2) is 24.6 Å². The molecule has 0 radical (unpaired) electrons. The molecule has 0 spiro atoms. The Bertz CT molecular complexity index is 408. The molecule has 0 heterocycles. The number of rotatable bonds is 13. The molecule has 4 unspecified atom stereocenters. The minimum atomic E-state index is 0.667. The van der Waals surface area contributed by atoms with Crippen molar-refractivity contribution in [1.82, 2.24) is 0 Å². The third-order valence-electron chi connectivity index (χ3n) is 7.99. The molecule has 0 nitrogen and oxygen atoms in total. The van der Waals surface area contributed by atoms with Gasteiger partial charge in [-0.2, -0.15) is 0 Å². The van der Waals surface area contributed by atoms with Crippen LogP contribution in [-0.4, -0.2) is 13.4 Å². The van der Waals surface area contributed by atoms with Crippen molar-refractivity contribution in [1.29, 1.82) is 0 Å². The van der Waals surface area contributed by atoms with Crippen LogP contribution in [-0.2, 0) is 0 Å². The first-order chi connectivity index (χ1) is 13.8. The van der Waals surface area contributed by atoms with Crippen LogP contribution in [0, 0.1) is 23.7 Å². The summed E-state index contributed by atoms with van der Waals surface area (Å²) in [5.41, 5.74) is 0. The monoisotopic (exact) mass is 416 g/mol. The van der Waals surface area contributed by atoms with Crippen molar-refractivity contribution in [2.45, 2.75) is 133 Å². The SMILES string of the molecule is C=CB(C(C)C(C)C)C(C)C(C)C.CCCCC=CB(C(C)C(C)C)C(C)C(C)C. The second-order valence-corrected chi connectivity index (χ2v) is 11.4. The summed E-state index contributed by atoms with van der Waals surface area (Å²) in [6.07, 6.45) is 6.30. The number of hydrogen-bond donors (Lipinski definition) is 0. The minimum Gasteiger partial charge on any atom is -0.122 e. The van der Waals surface area contributed by atoms with Gasteiger partial charge in [0.2, 0.25) is 0 Å². The molecule has 2 heteroatoms. The normalized spacial score (nSPS) is 15.9. The molecule has 0 aliphatic carbocycles. The van der Waals surface area contributed by atoms with Crippen molar-refractivity contribution in [3.63, 3.8) is 0 Å². The third-order valence-corrected chi connectivity index (χ3v) is 7.99. The number of unbranched alkanes of at least 4 members (excludes halogenated alkanes) is 2. The summed E-state index contributed by atoms with van der Waals surface area (Å²) in [6, 6.07) is 0. The summed E-state index contributed by atoms with van der Waals surface area (Å²) in [4.78, 5) is 0. The molecule has 0 aromatic rings. The van der Waals surface area contributed by atoms with Gasteiger partial charge in [-0.3, -0.25) is 0 Å². The highest BCUT2D eigenvalue weighted by Crippen LogP contribution is 2.34. The van der Waals surface area contributed by atoms with Crippen LogP contribution in [0.5, 0.6) is 0 Å². The second kappa shape index (κ2) is 17.2. The Labute approximate surface area is 194 Å². The molecule has 176 valence electrons. The zero-order valence-electron chi connectivity index (χ0n) is 23.3. The van der Waals surface area contributed by atoms with Gasteiger partial charge in [-0.1, -0.05) is 156 Å². The first-order valence-corrected chi connectivity index (χ1v) is 13.1. The molecule has 0 saturated heterocycles. The molecule has 0 N–H and O–H groups in total. The highest BCUT2D eigenvalue weighted by atomic mass is 14.1. The molecule has 0 saturated carbocycles. The summed E-state index contributed by atoms with van der Waals surface area (Å²) in [7, 11) is 0. The van der Waals surface area contributed by atoms with Crippen molar-refractivity contribution in [2.24, 2.45) is 23.7 Å². The van der Waals surface area contributed by atoms with Gasteiger partial charge in [-0.05, 0) is 6.42 Å². The summed E-state index contributed by atoms with van der Waals surface area (Å²) < 4.78 is 0. The molecule has 0 amide bonds. The molecule has 0 aromatic carbocycles. The average molecular weight is 416 g/mol. The van der Waals surface area contributed by atoms with Gasteiger partial charge in [0.1, 0.15) is 0 Å². The van der Waals surface area contributed by atoms with E-state index in [4.69, 9.17) is 0 Å². The quantitative estimate of drug-likeness (QED) is 0.207. The van der Waals surface area contributed by atoms with E-state index in [0.29, 0.717) is 6.71 Å². The Kier molecular flexibility index (Phi) is 18.2. The molecule has 0 aromatic heterocycles. The van der Waals surface area contributed by atoms with Gasteiger partial charge in [0.25, 0.3) is 0 Å². The lowest BCUT2D eigenvalue weighted by Gasteiger charge is -2.29. The molecule has 30 heavy (non-hydrogen) atoms. The Balaban J connectivity index is 0. The molecule has 0 fully saturated rings. The summed E-state index contributed by atoms with van der Waals surface area (Å²) in [5, 5.41) is 0. The fraction of sp³-hybridized carbons (Fsp3) is 0.857. The maximum atomic E-state index is 3.97. The molecule has 4 atom stereocenters. The highest BCUT2D eigenvalue weighted by Gasteiger charge is 2.29. The van der Waals surface area contributed by atoms with E-state index in [2.05, 4.69) is 115 Å². The Morgan fingerprint density at radius 3 is 1.20 bits per heavy atom. The zero-order valence-corrected chi connectivity index (χ0v) is 23.3. The lowest BCUT2D eigenvalue weighted by atomic mass is 9.31. The van der Waals surface area contributed by atoms with Gasteiger partial charge in [0.15, 0.2) is 13.4 Å². The maximum Gasteiger partial charge on any atom is 0.172 e. The molecule has 0 aliphatic heterocycles. The van der Waals surface area contributed by atoms with E-state index in [1.807, 2.05) is 0 Å². The van der Waals surface area contributed by atoms with Crippen molar-refractivity contribution in [3.8, 4) is 0 Å². The van der Waals surface area contributed by atoms with Crippen molar-refractivity contribution in [2.75, 3.05) is 0 Å². The zero-order chi connectivity index (χ0) is 24.0. The van der Waals surface area contributed by atoms with Crippen molar-refractivity contribution >= 4 is 13.4 Å². The van der Waals surface area contributed by atoms with Crippen LogP contribution in [0.1, 0.15) is 109 Å². The van der Waals surface area contributed by atoms with Gasteiger partial charge in [-0.15, -0.1) is 18.5 Å². The largest absolute Gasteiger partial charge is 0.172 e. The van der Waals surface area contributed by atoms with Gasteiger partial charge in [0, 0.05) is 0 Å². The maximum absolute atomic E-state index is 3.97. The van der Waals surface area contributed by atoms with Crippen LogP contribution < -0.4 is 0 Å². The highest BCUT2D eigenvalue weighted by molar-refractivity contribution is 6.67. The van der Waals surface area contributed by atoms with Crippen LogP contribution in [0.3, 0.4) is 0 Å². The topological polar surface area (TPSA) is 0 Å². The number of allylic oxidation sites excluding steroid dienone is 1. The van der Waals surface area contributed by atoms with Crippen LogP contribution in [0.4, 0.5) is 0 Å².